The molecule has 0 aromatic carbocycles. The van der Waals surface area contributed by atoms with E-state index in [9.17, 15) is 4.79 Å². The van der Waals surface area contributed by atoms with Gasteiger partial charge in [0.15, 0.2) is 0 Å². The summed E-state index contributed by atoms with van der Waals surface area (Å²) in [6, 6.07) is 0.326. The average molecular weight is 267 g/mol. The second-order valence-electron chi connectivity index (χ2n) is 6.39. The lowest BCUT2D eigenvalue weighted by Crippen LogP contribution is -2.68. The molecule has 0 aromatic rings. The number of hydrogen-bond donors (Lipinski definition) is 0. The first kappa shape index (κ1) is 14.8. The Bertz CT molecular complexity index is 321. The monoisotopic (exact) mass is 267 g/mol. The maximum absolute atomic E-state index is 12.9. The molecule has 19 heavy (non-hydrogen) atoms. The zero-order chi connectivity index (χ0) is 14.0. The summed E-state index contributed by atoms with van der Waals surface area (Å²) < 4.78 is 0. The summed E-state index contributed by atoms with van der Waals surface area (Å²) >= 11 is 0. The van der Waals surface area contributed by atoms with Crippen LogP contribution in [0.3, 0.4) is 0 Å². The van der Waals surface area contributed by atoms with Gasteiger partial charge >= 0.3 is 0 Å². The summed E-state index contributed by atoms with van der Waals surface area (Å²) in [6.07, 6.45) is 3.19. The fourth-order valence-electron chi connectivity index (χ4n) is 3.55. The van der Waals surface area contributed by atoms with Crippen LogP contribution in [0.1, 0.15) is 40.0 Å². The quantitative estimate of drug-likeness (QED) is 0.773. The van der Waals surface area contributed by atoms with Gasteiger partial charge in [-0.25, -0.2) is 0 Å². The molecular formula is C15H29N3O. The first-order valence-electron chi connectivity index (χ1n) is 7.76. The fourth-order valence-corrected chi connectivity index (χ4v) is 3.55. The van der Waals surface area contributed by atoms with Crippen LogP contribution in [-0.2, 0) is 4.79 Å². The van der Waals surface area contributed by atoms with Gasteiger partial charge in [-0.1, -0.05) is 6.92 Å². The van der Waals surface area contributed by atoms with Crippen LogP contribution in [-0.4, -0.2) is 72.0 Å². The van der Waals surface area contributed by atoms with Crippen molar-refractivity contribution in [2.75, 3.05) is 39.8 Å². The number of rotatable bonds is 3. The highest BCUT2D eigenvalue weighted by Crippen LogP contribution is 2.33. The Morgan fingerprint density at radius 1 is 1.16 bits per heavy atom. The van der Waals surface area contributed by atoms with E-state index >= 15 is 0 Å². The van der Waals surface area contributed by atoms with E-state index in [-0.39, 0.29) is 5.54 Å². The SMILES string of the molecule is CCCN1CCC2(CC1)C(=O)N(C(C)C)CCN2C. The third-order valence-electron chi connectivity index (χ3n) is 4.91. The standard InChI is InChI=1S/C15H29N3O/c1-5-8-17-9-6-15(7-10-17)14(19)18(13(2)3)12-11-16(15)4/h13H,5-12H2,1-4H3. The molecule has 0 bridgehead atoms. The molecule has 0 saturated carbocycles. The summed E-state index contributed by atoms with van der Waals surface area (Å²) in [7, 11) is 2.13. The summed E-state index contributed by atoms with van der Waals surface area (Å²) in [6.45, 7) is 11.7. The second-order valence-corrected chi connectivity index (χ2v) is 6.39. The van der Waals surface area contributed by atoms with Crippen LogP contribution >= 0.6 is 0 Å². The maximum Gasteiger partial charge on any atom is 0.243 e. The number of hydrogen-bond acceptors (Lipinski definition) is 3. The Labute approximate surface area is 117 Å². The van der Waals surface area contributed by atoms with Crippen molar-refractivity contribution in [1.29, 1.82) is 0 Å². The molecule has 0 atom stereocenters. The smallest absolute Gasteiger partial charge is 0.243 e. The minimum absolute atomic E-state index is 0.216. The molecule has 0 radical (unpaired) electrons. The van der Waals surface area contributed by atoms with Gasteiger partial charge in [-0.2, -0.15) is 0 Å². The molecule has 1 amide bonds. The number of piperidine rings is 1. The molecule has 0 unspecified atom stereocenters. The molecule has 1 spiro atoms. The van der Waals surface area contributed by atoms with Crippen molar-refractivity contribution < 1.29 is 4.79 Å². The third kappa shape index (κ3) is 2.65. The molecule has 2 saturated heterocycles. The number of piperazine rings is 1. The zero-order valence-corrected chi connectivity index (χ0v) is 13.0. The van der Waals surface area contributed by atoms with Crippen LogP contribution in [0.5, 0.6) is 0 Å². The molecule has 2 rings (SSSR count). The first-order chi connectivity index (χ1) is 9.01. The molecule has 2 heterocycles. The summed E-state index contributed by atoms with van der Waals surface area (Å²) in [4.78, 5) is 19.8. The summed E-state index contributed by atoms with van der Waals surface area (Å²) in [5.74, 6) is 0.368. The maximum atomic E-state index is 12.9. The summed E-state index contributed by atoms with van der Waals surface area (Å²) in [5.41, 5.74) is -0.216. The number of amides is 1. The van der Waals surface area contributed by atoms with Crippen molar-refractivity contribution in [1.82, 2.24) is 14.7 Å². The van der Waals surface area contributed by atoms with E-state index in [0.717, 1.165) is 39.0 Å². The van der Waals surface area contributed by atoms with Crippen LogP contribution in [0.2, 0.25) is 0 Å². The minimum Gasteiger partial charge on any atom is -0.337 e. The van der Waals surface area contributed by atoms with Crippen molar-refractivity contribution >= 4 is 5.91 Å². The van der Waals surface area contributed by atoms with Gasteiger partial charge in [0.25, 0.3) is 0 Å². The number of carbonyl (C=O) groups is 1. The van der Waals surface area contributed by atoms with Crippen LogP contribution in [0, 0.1) is 0 Å². The molecule has 4 nitrogen and oxygen atoms in total. The zero-order valence-electron chi connectivity index (χ0n) is 13.0. The van der Waals surface area contributed by atoms with Crippen molar-refractivity contribution in [3.63, 3.8) is 0 Å². The first-order valence-corrected chi connectivity index (χ1v) is 7.76. The Hall–Kier alpha value is -0.610. The van der Waals surface area contributed by atoms with Gasteiger partial charge in [0, 0.05) is 32.2 Å². The lowest BCUT2D eigenvalue weighted by molar-refractivity contribution is -0.156. The van der Waals surface area contributed by atoms with Crippen LogP contribution in [0.25, 0.3) is 0 Å². The van der Waals surface area contributed by atoms with Crippen LogP contribution < -0.4 is 0 Å². The molecule has 2 aliphatic heterocycles. The Balaban J connectivity index is 2.10. The highest BCUT2D eigenvalue weighted by Gasteiger charge is 2.49. The van der Waals surface area contributed by atoms with Gasteiger partial charge < -0.3 is 9.80 Å². The second kappa shape index (κ2) is 5.80. The van der Waals surface area contributed by atoms with E-state index in [1.54, 1.807) is 0 Å². The number of carbonyl (C=O) groups excluding carboxylic acids is 1. The van der Waals surface area contributed by atoms with Crippen LogP contribution in [0.4, 0.5) is 0 Å². The predicted octanol–water partition coefficient (Wildman–Crippen LogP) is 1.41. The fraction of sp³-hybridized carbons (Fsp3) is 0.933. The van der Waals surface area contributed by atoms with E-state index in [1.807, 2.05) is 0 Å². The van der Waals surface area contributed by atoms with Gasteiger partial charge in [-0.15, -0.1) is 0 Å². The van der Waals surface area contributed by atoms with Crippen molar-refractivity contribution in [2.24, 2.45) is 0 Å². The van der Waals surface area contributed by atoms with E-state index < -0.39 is 0 Å². The van der Waals surface area contributed by atoms with E-state index in [0.29, 0.717) is 11.9 Å². The molecule has 0 aromatic heterocycles. The molecule has 0 N–H and O–H groups in total. The van der Waals surface area contributed by atoms with Crippen molar-refractivity contribution in [2.45, 2.75) is 51.6 Å². The normalized spacial score (nSPS) is 25.5. The van der Waals surface area contributed by atoms with Crippen LogP contribution in [0.15, 0.2) is 0 Å². The predicted molar refractivity (Wildman–Crippen MR) is 78.2 cm³/mol. The molecule has 0 aliphatic carbocycles. The molecule has 110 valence electrons. The van der Waals surface area contributed by atoms with Gasteiger partial charge in [0.1, 0.15) is 5.54 Å². The lowest BCUT2D eigenvalue weighted by atomic mass is 9.82. The number of nitrogens with zero attached hydrogens (tertiary/aromatic N) is 3. The highest BCUT2D eigenvalue weighted by molar-refractivity contribution is 5.87. The molecule has 2 fully saturated rings. The Morgan fingerprint density at radius 3 is 2.32 bits per heavy atom. The molecule has 2 aliphatic rings. The largest absolute Gasteiger partial charge is 0.337 e. The van der Waals surface area contributed by atoms with Crippen molar-refractivity contribution in [3.8, 4) is 0 Å². The topological polar surface area (TPSA) is 26.8 Å². The van der Waals surface area contributed by atoms with E-state index in [4.69, 9.17) is 0 Å². The molecule has 4 heteroatoms. The Kier molecular flexibility index (Phi) is 4.51. The number of likely N-dealkylation sites (tertiary alicyclic amines) is 1. The van der Waals surface area contributed by atoms with Crippen molar-refractivity contribution in [3.05, 3.63) is 0 Å². The molecular weight excluding hydrogens is 238 g/mol. The third-order valence-corrected chi connectivity index (χ3v) is 4.91. The van der Waals surface area contributed by atoms with Gasteiger partial charge in [0.05, 0.1) is 0 Å². The Morgan fingerprint density at radius 2 is 1.79 bits per heavy atom. The van der Waals surface area contributed by atoms with Gasteiger partial charge in [0.2, 0.25) is 5.91 Å². The lowest BCUT2D eigenvalue weighted by Gasteiger charge is -2.52. The number of likely N-dealkylation sites (N-methyl/N-ethyl adjacent to an activating group) is 1. The average Bonchev–Trinajstić information content (AvgIpc) is 2.38. The highest BCUT2D eigenvalue weighted by atomic mass is 16.2. The van der Waals surface area contributed by atoms with Gasteiger partial charge in [-0.05, 0) is 46.7 Å². The summed E-state index contributed by atoms with van der Waals surface area (Å²) in [5, 5.41) is 0. The van der Waals surface area contributed by atoms with Gasteiger partial charge in [-0.3, -0.25) is 9.69 Å². The van der Waals surface area contributed by atoms with E-state index in [2.05, 4.69) is 42.5 Å². The van der Waals surface area contributed by atoms with E-state index in [1.165, 1.54) is 13.0 Å². The minimum atomic E-state index is -0.216.